The molecule has 0 aliphatic carbocycles. The van der Waals surface area contributed by atoms with E-state index in [4.69, 9.17) is 34.8 Å². The van der Waals surface area contributed by atoms with Gasteiger partial charge in [-0.15, -0.1) is 11.3 Å². The maximum atomic E-state index is 12.6. The monoisotopic (exact) mass is 383 g/mol. The molecule has 0 aliphatic heterocycles. The molecule has 0 saturated carbocycles. The zero-order valence-electron chi connectivity index (χ0n) is 12.3. The zero-order valence-corrected chi connectivity index (χ0v) is 15.4. The summed E-state index contributed by atoms with van der Waals surface area (Å²) in [5, 5.41) is 4.88. The van der Waals surface area contributed by atoms with Crippen molar-refractivity contribution in [3.63, 3.8) is 0 Å². The molecule has 1 amide bonds. The number of carbonyl (C=O) groups excluding carboxylic acids is 1. The van der Waals surface area contributed by atoms with Crippen molar-refractivity contribution in [2.24, 2.45) is 0 Å². The molecule has 3 aromatic rings. The smallest absolute Gasteiger partial charge is 0.267 e. The van der Waals surface area contributed by atoms with Gasteiger partial charge in [-0.3, -0.25) is 4.79 Å². The van der Waals surface area contributed by atoms with Gasteiger partial charge in [0.15, 0.2) is 0 Å². The van der Waals surface area contributed by atoms with E-state index in [1.807, 2.05) is 32.0 Å². The Morgan fingerprint density at radius 2 is 1.83 bits per heavy atom. The summed E-state index contributed by atoms with van der Waals surface area (Å²) in [5.74, 6) is -0.254. The van der Waals surface area contributed by atoms with Gasteiger partial charge in [0.2, 0.25) is 0 Å². The molecule has 0 bridgehead atoms. The molecule has 0 atom stereocenters. The molecule has 1 aromatic heterocycles. The molecular weight excluding hydrogens is 373 g/mol. The van der Waals surface area contributed by atoms with Crippen molar-refractivity contribution >= 4 is 67.8 Å². The van der Waals surface area contributed by atoms with Crippen LogP contribution in [-0.4, -0.2) is 5.91 Å². The Labute approximate surface area is 153 Å². The third-order valence-corrected chi connectivity index (χ3v) is 5.63. The normalized spacial score (nSPS) is 11.0. The van der Waals surface area contributed by atoms with Crippen LogP contribution in [0.25, 0.3) is 10.1 Å². The lowest BCUT2D eigenvalue weighted by atomic mass is 10.1. The lowest BCUT2D eigenvalue weighted by Gasteiger charge is -2.08. The second-order valence-corrected chi connectivity index (χ2v) is 7.55. The highest BCUT2D eigenvalue weighted by molar-refractivity contribution is 7.21. The van der Waals surface area contributed by atoms with E-state index in [1.165, 1.54) is 11.3 Å². The van der Waals surface area contributed by atoms with Crippen molar-refractivity contribution in [2.75, 3.05) is 5.32 Å². The van der Waals surface area contributed by atoms with Gasteiger partial charge in [-0.25, -0.2) is 0 Å². The van der Waals surface area contributed by atoms with Gasteiger partial charge in [0.25, 0.3) is 5.91 Å². The van der Waals surface area contributed by atoms with Gasteiger partial charge in [0.05, 0.1) is 10.0 Å². The van der Waals surface area contributed by atoms with E-state index in [-0.39, 0.29) is 5.91 Å². The van der Waals surface area contributed by atoms with E-state index in [1.54, 1.807) is 12.1 Å². The molecule has 0 aliphatic rings. The second kappa shape index (κ2) is 6.33. The van der Waals surface area contributed by atoms with Crippen molar-refractivity contribution in [2.45, 2.75) is 13.8 Å². The van der Waals surface area contributed by atoms with Gasteiger partial charge in [-0.05, 0) is 37.6 Å². The Kier molecular flexibility index (Phi) is 4.56. The third-order valence-electron chi connectivity index (χ3n) is 3.49. The molecule has 0 unspecified atom stereocenters. The number of halogens is 3. The van der Waals surface area contributed by atoms with Gasteiger partial charge < -0.3 is 5.32 Å². The molecule has 0 radical (unpaired) electrons. The van der Waals surface area contributed by atoms with Gasteiger partial charge in [-0.2, -0.15) is 0 Å². The third kappa shape index (κ3) is 3.20. The first-order valence-corrected chi connectivity index (χ1v) is 8.77. The second-order valence-electron chi connectivity index (χ2n) is 5.28. The van der Waals surface area contributed by atoms with Gasteiger partial charge in [0.1, 0.15) is 4.88 Å². The highest BCUT2D eigenvalue weighted by Gasteiger charge is 2.20. The number of thiophene rings is 1. The van der Waals surface area contributed by atoms with Gasteiger partial charge >= 0.3 is 0 Å². The van der Waals surface area contributed by atoms with Crippen LogP contribution in [-0.2, 0) is 0 Å². The number of hydrogen-bond donors (Lipinski definition) is 1. The molecule has 118 valence electrons. The van der Waals surface area contributed by atoms with Crippen molar-refractivity contribution in [1.29, 1.82) is 0 Å². The summed E-state index contributed by atoms with van der Waals surface area (Å²) < 4.78 is 0.790. The molecule has 3 rings (SSSR count). The van der Waals surface area contributed by atoms with Crippen LogP contribution < -0.4 is 5.32 Å². The van der Waals surface area contributed by atoms with E-state index < -0.39 is 0 Å². The average molecular weight is 385 g/mol. The fraction of sp³-hybridized carbons (Fsp3) is 0.118. The minimum Gasteiger partial charge on any atom is -0.321 e. The molecule has 1 heterocycles. The zero-order chi connectivity index (χ0) is 16.7. The summed E-state index contributed by atoms with van der Waals surface area (Å²) in [6.07, 6.45) is 0. The molecule has 0 spiro atoms. The number of hydrogen-bond acceptors (Lipinski definition) is 2. The number of benzene rings is 2. The lowest BCUT2D eigenvalue weighted by Crippen LogP contribution is -2.11. The molecule has 0 fully saturated rings. The highest BCUT2D eigenvalue weighted by atomic mass is 35.5. The molecule has 23 heavy (non-hydrogen) atoms. The fourth-order valence-corrected chi connectivity index (χ4v) is 4.66. The topological polar surface area (TPSA) is 29.1 Å². The Bertz CT molecular complexity index is 933. The van der Waals surface area contributed by atoms with E-state index in [0.717, 1.165) is 21.5 Å². The van der Waals surface area contributed by atoms with Crippen molar-refractivity contribution < 1.29 is 4.79 Å². The lowest BCUT2D eigenvalue weighted by molar-refractivity contribution is 0.103. The van der Waals surface area contributed by atoms with Crippen molar-refractivity contribution in [3.8, 4) is 0 Å². The summed E-state index contributed by atoms with van der Waals surface area (Å²) in [4.78, 5) is 13.0. The average Bonchev–Trinajstić information content (AvgIpc) is 2.79. The van der Waals surface area contributed by atoms with Crippen LogP contribution in [0.3, 0.4) is 0 Å². The number of aryl methyl sites for hydroxylation is 2. The predicted octanol–water partition coefficient (Wildman–Crippen LogP) is 6.73. The van der Waals surface area contributed by atoms with Crippen LogP contribution in [0.5, 0.6) is 0 Å². The maximum absolute atomic E-state index is 12.6. The SMILES string of the molecule is Cc1ccc(NC(=O)c2sc3cc(Cl)cc(Cl)c3c2Cl)c(C)c1. The van der Waals surface area contributed by atoms with E-state index in [0.29, 0.717) is 25.3 Å². The van der Waals surface area contributed by atoms with Gasteiger partial charge in [-0.1, -0.05) is 52.5 Å². The number of nitrogens with one attached hydrogen (secondary N) is 1. The van der Waals surface area contributed by atoms with Crippen LogP contribution in [0.1, 0.15) is 20.8 Å². The summed E-state index contributed by atoms with van der Waals surface area (Å²) in [6.45, 7) is 3.96. The van der Waals surface area contributed by atoms with Crippen molar-refractivity contribution in [1.82, 2.24) is 0 Å². The molecular formula is C17H12Cl3NOS. The summed E-state index contributed by atoms with van der Waals surface area (Å²) in [7, 11) is 0. The maximum Gasteiger partial charge on any atom is 0.267 e. The summed E-state index contributed by atoms with van der Waals surface area (Å²) in [5.41, 5.74) is 2.90. The minimum absolute atomic E-state index is 0.254. The first kappa shape index (κ1) is 16.6. The Hall–Kier alpha value is -1.26. The highest BCUT2D eigenvalue weighted by Crippen LogP contribution is 2.41. The van der Waals surface area contributed by atoms with Crippen molar-refractivity contribution in [3.05, 3.63) is 61.4 Å². The van der Waals surface area contributed by atoms with E-state index >= 15 is 0 Å². The number of fused-ring (bicyclic) bond motifs is 1. The number of rotatable bonds is 2. The Balaban J connectivity index is 2.01. The summed E-state index contributed by atoms with van der Waals surface area (Å²) in [6, 6.07) is 9.22. The van der Waals surface area contributed by atoms with Crippen LogP contribution in [0.2, 0.25) is 15.1 Å². The standard InChI is InChI=1S/C17H12Cl3NOS/c1-8-3-4-12(9(2)5-8)21-17(22)16-15(20)14-11(19)6-10(18)7-13(14)23-16/h3-7H,1-2H3,(H,21,22). The number of anilines is 1. The molecule has 6 heteroatoms. The Morgan fingerprint density at radius 3 is 2.52 bits per heavy atom. The minimum atomic E-state index is -0.254. The fourth-order valence-electron chi connectivity index (χ4n) is 2.39. The van der Waals surface area contributed by atoms with Crippen LogP contribution in [0.4, 0.5) is 5.69 Å². The predicted molar refractivity (Wildman–Crippen MR) is 101 cm³/mol. The van der Waals surface area contributed by atoms with Crippen LogP contribution in [0, 0.1) is 13.8 Å². The molecule has 1 N–H and O–H groups in total. The quantitative estimate of drug-likeness (QED) is 0.521. The van der Waals surface area contributed by atoms with E-state index in [9.17, 15) is 4.79 Å². The van der Waals surface area contributed by atoms with E-state index in [2.05, 4.69) is 5.32 Å². The summed E-state index contributed by atoms with van der Waals surface area (Å²) >= 11 is 19.8. The van der Waals surface area contributed by atoms with Gasteiger partial charge in [0, 0.05) is 20.8 Å². The van der Waals surface area contributed by atoms with Crippen LogP contribution in [0.15, 0.2) is 30.3 Å². The largest absolute Gasteiger partial charge is 0.321 e. The first-order chi connectivity index (χ1) is 10.9. The number of amides is 1. The molecule has 2 aromatic carbocycles. The number of carbonyl (C=O) groups is 1. The Morgan fingerprint density at radius 1 is 1.09 bits per heavy atom. The molecule has 0 saturated heterocycles. The molecule has 2 nitrogen and oxygen atoms in total. The first-order valence-electron chi connectivity index (χ1n) is 6.82. The van der Waals surface area contributed by atoms with Crippen LogP contribution >= 0.6 is 46.1 Å².